The average molecular weight is 466 g/mol. The average Bonchev–Trinajstić information content (AvgIpc) is 3.12. The lowest BCUT2D eigenvalue weighted by Crippen LogP contribution is -2.56. The van der Waals surface area contributed by atoms with Gasteiger partial charge in [0.2, 0.25) is 0 Å². The lowest BCUT2D eigenvalue weighted by atomic mass is 9.98. The number of methoxy groups -OCH3 is 1. The molecular weight excluding hydrogens is 446 g/mol. The SMILES string of the molecule is COc1ccc2cc(-c3nnn([C@@H]4O[C@H](CO)[C@@H](O)[C@H](O)[C@H]4O)c3Br)ccc2c1. The Kier molecular flexibility index (Phi) is 5.56. The Balaban J connectivity index is 1.69. The van der Waals surface area contributed by atoms with Gasteiger partial charge in [-0.1, -0.05) is 23.4 Å². The summed E-state index contributed by atoms with van der Waals surface area (Å²) in [6.07, 6.45) is -6.56. The topological polar surface area (TPSA) is 130 Å². The number of benzene rings is 2. The van der Waals surface area contributed by atoms with E-state index in [0.29, 0.717) is 10.3 Å². The van der Waals surface area contributed by atoms with Gasteiger partial charge in [-0.2, -0.15) is 0 Å². The first-order valence-electron chi connectivity index (χ1n) is 8.94. The molecule has 9 nitrogen and oxygen atoms in total. The quantitative estimate of drug-likeness (QED) is 0.445. The first-order valence-corrected chi connectivity index (χ1v) is 9.73. The Hall–Kier alpha value is -2.08. The van der Waals surface area contributed by atoms with Crippen LogP contribution in [0.25, 0.3) is 22.0 Å². The molecule has 4 N–H and O–H groups in total. The molecule has 0 amide bonds. The predicted octanol–water partition coefficient (Wildman–Crippen LogP) is 0.842. The molecule has 0 saturated carbocycles. The fraction of sp³-hybridized carbons (Fsp3) is 0.368. The number of rotatable bonds is 4. The van der Waals surface area contributed by atoms with Crippen LogP contribution in [0, 0.1) is 0 Å². The van der Waals surface area contributed by atoms with Crippen molar-refractivity contribution >= 4 is 26.7 Å². The molecule has 0 spiro atoms. The second kappa shape index (κ2) is 7.98. The van der Waals surface area contributed by atoms with Crippen molar-refractivity contribution in [2.24, 2.45) is 0 Å². The summed E-state index contributed by atoms with van der Waals surface area (Å²) in [5, 5.41) is 49.9. The van der Waals surface area contributed by atoms with E-state index in [0.717, 1.165) is 22.1 Å². The minimum Gasteiger partial charge on any atom is -0.497 e. The highest BCUT2D eigenvalue weighted by Crippen LogP contribution is 2.35. The summed E-state index contributed by atoms with van der Waals surface area (Å²) in [5.74, 6) is 0.764. The van der Waals surface area contributed by atoms with E-state index in [9.17, 15) is 20.4 Å². The van der Waals surface area contributed by atoms with E-state index >= 15 is 0 Å². The highest BCUT2D eigenvalue weighted by molar-refractivity contribution is 9.10. The molecule has 1 aromatic heterocycles. The van der Waals surface area contributed by atoms with Gasteiger partial charge in [0, 0.05) is 5.56 Å². The van der Waals surface area contributed by atoms with Gasteiger partial charge in [-0.3, -0.25) is 0 Å². The van der Waals surface area contributed by atoms with Crippen LogP contribution in [0.3, 0.4) is 0 Å². The normalized spacial score (nSPS) is 27.3. The molecule has 0 bridgehead atoms. The summed E-state index contributed by atoms with van der Waals surface area (Å²) in [4.78, 5) is 0. The van der Waals surface area contributed by atoms with Crippen molar-refractivity contribution in [3.05, 3.63) is 41.0 Å². The van der Waals surface area contributed by atoms with E-state index in [1.54, 1.807) is 7.11 Å². The van der Waals surface area contributed by atoms with Gasteiger partial charge in [-0.25, -0.2) is 4.68 Å². The molecule has 0 aliphatic carbocycles. The summed E-state index contributed by atoms with van der Waals surface area (Å²) in [6, 6.07) is 11.5. The third-order valence-electron chi connectivity index (χ3n) is 5.07. The van der Waals surface area contributed by atoms with Crippen molar-refractivity contribution in [2.45, 2.75) is 30.6 Å². The Morgan fingerprint density at radius 3 is 2.52 bits per heavy atom. The van der Waals surface area contributed by atoms with E-state index in [-0.39, 0.29) is 0 Å². The van der Waals surface area contributed by atoms with Crippen LogP contribution in [0.4, 0.5) is 0 Å². The predicted molar refractivity (Wildman–Crippen MR) is 106 cm³/mol. The molecule has 5 atom stereocenters. The zero-order valence-electron chi connectivity index (χ0n) is 15.4. The highest BCUT2D eigenvalue weighted by Gasteiger charge is 2.45. The molecule has 1 saturated heterocycles. The molecular formula is C19H20BrN3O6. The fourth-order valence-electron chi connectivity index (χ4n) is 3.40. The smallest absolute Gasteiger partial charge is 0.182 e. The number of aliphatic hydroxyl groups excluding tert-OH is 4. The van der Waals surface area contributed by atoms with Crippen molar-refractivity contribution in [1.29, 1.82) is 0 Å². The minimum atomic E-state index is -1.50. The Bertz CT molecular complexity index is 1030. The van der Waals surface area contributed by atoms with Crippen LogP contribution < -0.4 is 4.74 Å². The van der Waals surface area contributed by atoms with Crippen molar-refractivity contribution in [2.75, 3.05) is 13.7 Å². The summed E-state index contributed by atoms with van der Waals surface area (Å²) in [6.45, 7) is -0.519. The standard InChI is InChI=1S/C19H20BrN3O6/c1-28-12-5-4-9-6-11(3-2-10(9)7-12)14-18(20)23(22-21-14)19-17(27)16(26)15(25)13(8-24)29-19/h2-7,13,15-17,19,24-27H,8H2,1H3/t13-,15-,16+,17-,19-/m1/s1. The van der Waals surface area contributed by atoms with Gasteiger partial charge >= 0.3 is 0 Å². The third-order valence-corrected chi connectivity index (χ3v) is 5.81. The van der Waals surface area contributed by atoms with E-state index in [4.69, 9.17) is 9.47 Å². The van der Waals surface area contributed by atoms with E-state index in [2.05, 4.69) is 26.2 Å². The van der Waals surface area contributed by atoms with Gasteiger partial charge in [-0.15, -0.1) is 5.10 Å². The zero-order chi connectivity index (χ0) is 20.7. The number of aromatic nitrogens is 3. The van der Waals surface area contributed by atoms with Gasteiger partial charge < -0.3 is 29.9 Å². The maximum Gasteiger partial charge on any atom is 0.182 e. The lowest BCUT2D eigenvalue weighted by Gasteiger charge is -2.39. The van der Waals surface area contributed by atoms with Crippen LogP contribution in [0.1, 0.15) is 6.23 Å². The summed E-state index contributed by atoms with van der Waals surface area (Å²) >= 11 is 3.44. The molecule has 4 rings (SSSR count). The Morgan fingerprint density at radius 2 is 1.79 bits per heavy atom. The fourth-order valence-corrected chi connectivity index (χ4v) is 3.98. The monoisotopic (exact) mass is 465 g/mol. The molecule has 1 aliphatic heterocycles. The third kappa shape index (κ3) is 3.52. The van der Waals surface area contributed by atoms with Crippen molar-refractivity contribution in [3.63, 3.8) is 0 Å². The lowest BCUT2D eigenvalue weighted by molar-refractivity contribution is -0.254. The van der Waals surface area contributed by atoms with Gasteiger partial charge in [-0.05, 0) is 44.9 Å². The van der Waals surface area contributed by atoms with Gasteiger partial charge in [0.25, 0.3) is 0 Å². The first-order chi connectivity index (χ1) is 13.9. The number of halogens is 1. The summed E-state index contributed by atoms with van der Waals surface area (Å²) in [5.41, 5.74) is 1.30. The number of fused-ring (bicyclic) bond motifs is 1. The second-order valence-electron chi connectivity index (χ2n) is 6.82. The van der Waals surface area contributed by atoms with Crippen LogP contribution in [0.15, 0.2) is 41.0 Å². The molecule has 0 radical (unpaired) electrons. The number of aliphatic hydroxyl groups is 4. The van der Waals surface area contributed by atoms with Crippen LogP contribution in [-0.2, 0) is 4.74 Å². The number of nitrogens with zero attached hydrogens (tertiary/aromatic N) is 3. The number of hydrogen-bond acceptors (Lipinski definition) is 8. The summed E-state index contributed by atoms with van der Waals surface area (Å²) in [7, 11) is 1.62. The van der Waals surface area contributed by atoms with E-state index < -0.39 is 37.3 Å². The Morgan fingerprint density at radius 1 is 1.07 bits per heavy atom. The van der Waals surface area contributed by atoms with Crippen LogP contribution in [0.2, 0.25) is 0 Å². The molecule has 2 aromatic carbocycles. The molecule has 0 unspecified atom stereocenters. The van der Waals surface area contributed by atoms with Crippen LogP contribution in [-0.4, -0.2) is 73.6 Å². The van der Waals surface area contributed by atoms with E-state index in [1.807, 2.05) is 36.4 Å². The van der Waals surface area contributed by atoms with Crippen molar-refractivity contribution < 1.29 is 29.9 Å². The molecule has 2 heterocycles. The number of hydrogen-bond donors (Lipinski definition) is 4. The number of ether oxygens (including phenoxy) is 2. The van der Waals surface area contributed by atoms with Crippen LogP contribution >= 0.6 is 15.9 Å². The zero-order valence-corrected chi connectivity index (χ0v) is 17.0. The van der Waals surface area contributed by atoms with Crippen molar-refractivity contribution in [3.8, 4) is 17.0 Å². The molecule has 1 aliphatic rings. The molecule has 3 aromatic rings. The van der Waals surface area contributed by atoms with Gasteiger partial charge in [0.15, 0.2) is 6.23 Å². The van der Waals surface area contributed by atoms with E-state index in [1.165, 1.54) is 4.68 Å². The summed E-state index contributed by atoms with van der Waals surface area (Å²) < 4.78 is 12.5. The van der Waals surface area contributed by atoms with Crippen molar-refractivity contribution in [1.82, 2.24) is 15.0 Å². The maximum absolute atomic E-state index is 10.3. The molecule has 1 fully saturated rings. The molecule has 29 heavy (non-hydrogen) atoms. The second-order valence-corrected chi connectivity index (χ2v) is 7.57. The largest absolute Gasteiger partial charge is 0.497 e. The van der Waals surface area contributed by atoms with Gasteiger partial charge in [0.05, 0.1) is 13.7 Å². The maximum atomic E-state index is 10.3. The van der Waals surface area contributed by atoms with Gasteiger partial charge in [0.1, 0.15) is 40.5 Å². The molecule has 154 valence electrons. The van der Waals surface area contributed by atoms with Crippen LogP contribution in [0.5, 0.6) is 5.75 Å². The first kappa shape index (κ1) is 20.2. The Labute approximate surface area is 174 Å². The molecule has 10 heteroatoms. The highest BCUT2D eigenvalue weighted by atomic mass is 79.9. The minimum absolute atomic E-state index is 0.426.